The van der Waals surface area contributed by atoms with Crippen LogP contribution in [0, 0.1) is 53.3 Å². The van der Waals surface area contributed by atoms with E-state index in [2.05, 4.69) is 45.7 Å². The molecule has 0 bridgehead atoms. The first-order valence-corrected chi connectivity index (χ1v) is 19.5. The maximum absolute atomic E-state index is 13.2. The molecule has 4 fully saturated rings. The molecule has 0 aromatic carbocycles. The first-order valence-electron chi connectivity index (χ1n) is 18.4. The summed E-state index contributed by atoms with van der Waals surface area (Å²) in [7, 11) is -2.46. The van der Waals surface area contributed by atoms with E-state index in [9.17, 15) is 19.3 Å². The molecule has 10 heteroatoms. The molecule has 0 amide bonds. The first-order chi connectivity index (χ1) is 22.3. The third-order valence-electron chi connectivity index (χ3n) is 13.5. The minimum absolute atomic E-state index is 0.175. The number of aliphatic hydroxyl groups excluding tert-OH is 1. The van der Waals surface area contributed by atoms with Gasteiger partial charge in [0.05, 0.1) is 6.61 Å². The molecule has 47 heavy (non-hydrogen) atoms. The molecule has 4 aliphatic carbocycles. The third kappa shape index (κ3) is 6.78. The zero-order chi connectivity index (χ0) is 33.7. The summed E-state index contributed by atoms with van der Waals surface area (Å²) in [5, 5.41) is 9.93. The summed E-state index contributed by atoms with van der Waals surface area (Å²) in [6.07, 6.45) is 15.1. The van der Waals surface area contributed by atoms with Gasteiger partial charge in [-0.3, -0.25) is 14.3 Å². The van der Waals surface area contributed by atoms with E-state index in [1.165, 1.54) is 61.3 Å². The zero-order valence-corrected chi connectivity index (χ0v) is 30.3. The van der Waals surface area contributed by atoms with Crippen molar-refractivity contribution in [2.45, 2.75) is 143 Å². The van der Waals surface area contributed by atoms with Gasteiger partial charge in [0.25, 0.3) is 5.56 Å². The minimum atomic E-state index is -2.46. The van der Waals surface area contributed by atoms with Gasteiger partial charge in [0, 0.05) is 29.2 Å². The predicted octanol–water partition coefficient (Wildman–Crippen LogP) is 7.59. The van der Waals surface area contributed by atoms with E-state index < -0.39 is 37.9 Å². The molecule has 0 spiro atoms. The lowest BCUT2D eigenvalue weighted by Gasteiger charge is -2.58. The Morgan fingerprint density at radius 3 is 2.62 bits per heavy atom. The maximum Gasteiger partial charge on any atom is 0.698 e. The molecule has 1 aromatic rings. The second-order valence-corrected chi connectivity index (χ2v) is 17.5. The number of hydrogen-bond acceptors (Lipinski definition) is 7. The lowest BCUT2D eigenvalue weighted by molar-refractivity contribution is -0.0574. The highest BCUT2D eigenvalue weighted by Gasteiger charge is 2.59. The van der Waals surface area contributed by atoms with Crippen LogP contribution in [0.4, 0.5) is 0 Å². The van der Waals surface area contributed by atoms with Gasteiger partial charge in [-0.05, 0) is 98.2 Å². The van der Waals surface area contributed by atoms with Crippen LogP contribution >= 0.6 is 8.25 Å². The lowest BCUT2D eigenvalue weighted by Crippen LogP contribution is -2.50. The number of aromatic nitrogens is 2. The van der Waals surface area contributed by atoms with Crippen molar-refractivity contribution in [2.75, 3.05) is 6.61 Å². The molecule has 5 aliphatic rings. The maximum atomic E-state index is 13.2. The molecule has 1 saturated heterocycles. The van der Waals surface area contributed by atoms with Crippen LogP contribution in [-0.4, -0.2) is 39.6 Å². The molecule has 2 heterocycles. The van der Waals surface area contributed by atoms with E-state index >= 15 is 0 Å². The van der Waals surface area contributed by atoms with Gasteiger partial charge in [-0.1, -0.05) is 65.5 Å². The van der Waals surface area contributed by atoms with Crippen molar-refractivity contribution in [3.8, 4) is 0 Å². The SMILES string of the molecule is Cc1cn([C@H]2C[C@H](O[P+](=O)O[C@H]3CC[C@@]4(C)C(=CC[C@H]5[C@@H]6CC[C@H]([C@H](C)CCCC(C)C)[C@@]6(C)CC[C@@H]54)C3)[C@@H](CO)O2)c(=O)[nH]c1=O. The van der Waals surface area contributed by atoms with E-state index in [1.54, 1.807) is 6.92 Å². The molecule has 6 rings (SSSR count). The Labute approximate surface area is 281 Å². The molecule has 0 radical (unpaired) electrons. The number of ether oxygens (including phenoxy) is 1. The molecule has 1 aliphatic heterocycles. The molecule has 1 aromatic heterocycles. The van der Waals surface area contributed by atoms with Crippen molar-refractivity contribution in [3.63, 3.8) is 0 Å². The van der Waals surface area contributed by atoms with Crippen molar-refractivity contribution in [1.82, 2.24) is 9.55 Å². The summed E-state index contributed by atoms with van der Waals surface area (Å²) in [4.78, 5) is 26.5. The number of H-pyrrole nitrogens is 1. The van der Waals surface area contributed by atoms with Crippen LogP contribution in [0.15, 0.2) is 27.4 Å². The zero-order valence-electron chi connectivity index (χ0n) is 29.4. The fourth-order valence-electron chi connectivity index (χ4n) is 10.9. The lowest BCUT2D eigenvalue weighted by atomic mass is 9.47. The van der Waals surface area contributed by atoms with Crippen molar-refractivity contribution < 1.29 is 23.5 Å². The van der Waals surface area contributed by atoms with Crippen LogP contribution in [0.1, 0.15) is 123 Å². The number of rotatable bonds is 11. The molecule has 3 saturated carbocycles. The van der Waals surface area contributed by atoms with Crippen molar-refractivity contribution in [3.05, 3.63) is 44.2 Å². The summed E-state index contributed by atoms with van der Waals surface area (Å²) in [5.41, 5.74) is 1.44. The smallest absolute Gasteiger partial charge is 0.394 e. The number of aryl methyl sites for hydroxylation is 1. The molecule has 9 nitrogen and oxygen atoms in total. The Morgan fingerprint density at radius 2 is 1.87 bits per heavy atom. The standard InChI is InChI=1S/C37H57N2O7P/c1-22(2)8-7-9-23(3)28-12-13-29-27-11-10-25-18-26(14-16-36(25,5)30(27)15-17-37(28,29)6)45-47(43)46-31-19-33(44-32(31)21-40)39-20-24(4)34(41)38-35(39)42/h10,20,22-23,26-33,40H,7-9,11-19,21H2,1-6H3/p+1/t23-,26+,27+,28-,29+,30+,31+,32-,33-,36+,37-/m1/s1. The van der Waals surface area contributed by atoms with Gasteiger partial charge in [0.15, 0.2) is 0 Å². The topological polar surface area (TPSA) is 120 Å². The highest BCUT2D eigenvalue weighted by atomic mass is 31.1. The second kappa shape index (κ2) is 13.9. The van der Waals surface area contributed by atoms with Crippen LogP contribution in [0.5, 0.6) is 0 Å². The molecular weight excluding hydrogens is 615 g/mol. The number of fused-ring (bicyclic) bond motifs is 5. The third-order valence-corrected chi connectivity index (χ3v) is 14.4. The monoisotopic (exact) mass is 673 g/mol. The van der Waals surface area contributed by atoms with Crippen molar-refractivity contribution >= 4 is 8.25 Å². The minimum Gasteiger partial charge on any atom is -0.394 e. The Bertz CT molecular complexity index is 1450. The number of nitrogens with one attached hydrogen (secondary N) is 1. The summed E-state index contributed by atoms with van der Waals surface area (Å²) < 4.78 is 32.2. The Balaban J connectivity index is 1.06. The molecule has 12 atom stereocenters. The number of allylic oxidation sites excluding steroid dienone is 1. The number of aliphatic hydroxyl groups is 1. The van der Waals surface area contributed by atoms with E-state index in [0.29, 0.717) is 16.9 Å². The number of aromatic amines is 1. The van der Waals surface area contributed by atoms with Crippen LogP contribution in [0.25, 0.3) is 0 Å². The average molecular weight is 674 g/mol. The van der Waals surface area contributed by atoms with E-state index in [1.807, 2.05) is 0 Å². The van der Waals surface area contributed by atoms with Crippen LogP contribution < -0.4 is 11.2 Å². The summed E-state index contributed by atoms with van der Waals surface area (Å²) in [5.74, 6) is 4.75. The van der Waals surface area contributed by atoms with E-state index in [-0.39, 0.29) is 24.5 Å². The van der Waals surface area contributed by atoms with Gasteiger partial charge < -0.3 is 9.84 Å². The van der Waals surface area contributed by atoms with E-state index in [0.717, 1.165) is 55.3 Å². The van der Waals surface area contributed by atoms with Crippen molar-refractivity contribution in [1.29, 1.82) is 0 Å². The molecule has 1 unspecified atom stereocenters. The second-order valence-electron chi connectivity index (χ2n) is 16.7. The number of hydrogen-bond donors (Lipinski definition) is 2. The predicted molar refractivity (Wildman–Crippen MR) is 182 cm³/mol. The van der Waals surface area contributed by atoms with Gasteiger partial charge in [-0.15, -0.1) is 9.05 Å². The van der Waals surface area contributed by atoms with Crippen LogP contribution in [0.2, 0.25) is 0 Å². The number of nitrogens with zero attached hydrogens (tertiary/aromatic N) is 1. The van der Waals surface area contributed by atoms with Gasteiger partial charge in [-0.2, -0.15) is 0 Å². The van der Waals surface area contributed by atoms with Gasteiger partial charge in [0.2, 0.25) is 0 Å². The highest BCUT2D eigenvalue weighted by Crippen LogP contribution is 2.67. The van der Waals surface area contributed by atoms with Gasteiger partial charge in [-0.25, -0.2) is 4.79 Å². The highest BCUT2D eigenvalue weighted by molar-refractivity contribution is 7.33. The molecule has 2 N–H and O–H groups in total. The molecular formula is C37H58N2O7P+. The van der Waals surface area contributed by atoms with Gasteiger partial charge >= 0.3 is 13.9 Å². The first kappa shape index (κ1) is 35.2. The Morgan fingerprint density at radius 1 is 1.09 bits per heavy atom. The van der Waals surface area contributed by atoms with E-state index in [4.69, 9.17) is 13.8 Å². The molecule has 262 valence electrons. The van der Waals surface area contributed by atoms with Crippen LogP contribution in [0.3, 0.4) is 0 Å². The van der Waals surface area contributed by atoms with Gasteiger partial charge in [0.1, 0.15) is 24.5 Å². The Kier molecular flexibility index (Phi) is 10.4. The quantitative estimate of drug-likeness (QED) is 0.183. The summed E-state index contributed by atoms with van der Waals surface area (Å²) >= 11 is 0. The van der Waals surface area contributed by atoms with Crippen molar-refractivity contribution in [2.24, 2.45) is 46.3 Å². The largest absolute Gasteiger partial charge is 0.698 e. The summed E-state index contributed by atoms with van der Waals surface area (Å²) in [6, 6.07) is 0. The Hall–Kier alpha value is -1.64. The average Bonchev–Trinajstić information content (AvgIpc) is 3.59. The fourth-order valence-corrected chi connectivity index (χ4v) is 11.9. The van der Waals surface area contributed by atoms with Crippen LogP contribution in [-0.2, 0) is 18.3 Å². The fraction of sp³-hybridized carbons (Fsp3) is 0.838. The summed E-state index contributed by atoms with van der Waals surface area (Å²) in [6.45, 7) is 13.6. The normalized spacial score (nSPS) is 39.2.